The van der Waals surface area contributed by atoms with Crippen LogP contribution in [0.25, 0.3) is 10.2 Å². The van der Waals surface area contributed by atoms with Gasteiger partial charge in [0.2, 0.25) is 5.91 Å². The van der Waals surface area contributed by atoms with Crippen LogP contribution in [0, 0.1) is 13.8 Å². The molecule has 0 bridgehead atoms. The highest BCUT2D eigenvalue weighted by Gasteiger charge is 2.18. The van der Waals surface area contributed by atoms with Crippen LogP contribution in [0.2, 0.25) is 0 Å². The van der Waals surface area contributed by atoms with Gasteiger partial charge < -0.3 is 19.8 Å². The van der Waals surface area contributed by atoms with Crippen LogP contribution in [-0.4, -0.2) is 35.3 Å². The smallest absolute Gasteiger partial charge is 0.259 e. The van der Waals surface area contributed by atoms with E-state index in [9.17, 15) is 9.59 Å². The molecule has 3 aromatic rings. The highest BCUT2D eigenvalue weighted by atomic mass is 32.2. The first-order chi connectivity index (χ1) is 13.8. The molecule has 0 spiro atoms. The lowest BCUT2D eigenvalue weighted by Crippen LogP contribution is -2.23. The summed E-state index contributed by atoms with van der Waals surface area (Å²) in [6.45, 7) is 5.72. The van der Waals surface area contributed by atoms with Crippen LogP contribution in [-0.2, 0) is 10.5 Å². The highest BCUT2D eigenvalue weighted by Crippen LogP contribution is 2.30. The van der Waals surface area contributed by atoms with Crippen molar-refractivity contribution < 1.29 is 14.3 Å². The lowest BCUT2D eigenvalue weighted by atomic mass is 10.2. The maximum absolute atomic E-state index is 12.6. The Bertz CT molecular complexity index is 1110. The van der Waals surface area contributed by atoms with E-state index in [1.54, 1.807) is 32.4 Å². The van der Waals surface area contributed by atoms with Gasteiger partial charge >= 0.3 is 0 Å². The van der Waals surface area contributed by atoms with Gasteiger partial charge in [-0.2, -0.15) is 0 Å². The van der Waals surface area contributed by atoms with E-state index in [0.29, 0.717) is 34.1 Å². The zero-order chi connectivity index (χ0) is 21.1. The Morgan fingerprint density at radius 1 is 1.31 bits per heavy atom. The quantitative estimate of drug-likeness (QED) is 0.587. The summed E-state index contributed by atoms with van der Waals surface area (Å²) >= 11 is 2.91. The minimum Gasteiger partial charge on any atom is -0.497 e. The molecule has 0 saturated heterocycles. The number of nitrogens with zero attached hydrogens (tertiary/aromatic N) is 1. The summed E-state index contributed by atoms with van der Waals surface area (Å²) in [4.78, 5) is 34.2. The molecule has 2 N–H and O–H groups in total. The van der Waals surface area contributed by atoms with Crippen LogP contribution in [0.4, 0.5) is 5.69 Å². The van der Waals surface area contributed by atoms with E-state index < -0.39 is 0 Å². The van der Waals surface area contributed by atoms with Gasteiger partial charge in [-0.3, -0.25) is 9.59 Å². The fraction of sp³-hybridized carbons (Fsp3) is 0.350. The Labute approximate surface area is 176 Å². The molecule has 1 atom stereocenters. The van der Waals surface area contributed by atoms with Gasteiger partial charge in [0.1, 0.15) is 22.2 Å². The topological polar surface area (TPSA) is 93.3 Å². The van der Waals surface area contributed by atoms with E-state index in [-0.39, 0.29) is 16.7 Å². The Hall–Kier alpha value is -2.52. The molecule has 29 heavy (non-hydrogen) atoms. The minimum atomic E-state index is -0.362. The summed E-state index contributed by atoms with van der Waals surface area (Å²) in [5.41, 5.74) is 1.38. The molecule has 0 aliphatic carbocycles. The molecule has 7 nitrogen and oxygen atoms in total. The molecule has 2 aromatic heterocycles. The molecule has 0 fully saturated rings. The van der Waals surface area contributed by atoms with Crippen LogP contribution in [0.1, 0.15) is 23.2 Å². The van der Waals surface area contributed by atoms with E-state index in [1.165, 1.54) is 23.1 Å². The number of fused-ring (bicyclic) bond motifs is 1. The number of H-pyrrole nitrogens is 1. The maximum Gasteiger partial charge on any atom is 0.259 e. The monoisotopic (exact) mass is 433 g/mol. The van der Waals surface area contributed by atoms with Crippen LogP contribution in [0.15, 0.2) is 23.0 Å². The Kier molecular flexibility index (Phi) is 6.49. The summed E-state index contributed by atoms with van der Waals surface area (Å²) in [5.74, 6) is 1.99. The maximum atomic E-state index is 12.6. The lowest BCUT2D eigenvalue weighted by molar-refractivity contribution is -0.115. The average molecular weight is 434 g/mol. The van der Waals surface area contributed by atoms with Gasteiger partial charge in [-0.25, -0.2) is 4.98 Å². The number of carbonyl (C=O) groups is 1. The number of thiophene rings is 1. The van der Waals surface area contributed by atoms with Crippen molar-refractivity contribution in [1.29, 1.82) is 0 Å². The predicted octanol–water partition coefficient (Wildman–Crippen LogP) is 3.88. The Morgan fingerprint density at radius 2 is 2.07 bits per heavy atom. The number of amides is 1. The van der Waals surface area contributed by atoms with E-state index >= 15 is 0 Å². The van der Waals surface area contributed by atoms with Gasteiger partial charge in [0, 0.05) is 10.9 Å². The third-order valence-corrected chi connectivity index (χ3v) is 6.85. The predicted molar refractivity (Wildman–Crippen MR) is 119 cm³/mol. The molecule has 0 unspecified atom stereocenters. The molecule has 0 aliphatic heterocycles. The number of hydrogen-bond donors (Lipinski definition) is 2. The van der Waals surface area contributed by atoms with Crippen molar-refractivity contribution in [2.75, 3.05) is 19.5 Å². The molecule has 1 amide bonds. The highest BCUT2D eigenvalue weighted by molar-refractivity contribution is 7.99. The summed E-state index contributed by atoms with van der Waals surface area (Å²) in [6, 6.07) is 5.21. The van der Waals surface area contributed by atoms with Gasteiger partial charge in [0.05, 0.1) is 36.3 Å². The van der Waals surface area contributed by atoms with Crippen molar-refractivity contribution in [2.24, 2.45) is 0 Å². The second-order valence-electron chi connectivity index (χ2n) is 6.48. The van der Waals surface area contributed by atoms with E-state index in [0.717, 1.165) is 15.3 Å². The van der Waals surface area contributed by atoms with Crippen LogP contribution >= 0.6 is 23.1 Å². The third-order valence-electron chi connectivity index (χ3n) is 4.59. The second-order valence-corrected chi connectivity index (χ2v) is 9.02. The summed E-state index contributed by atoms with van der Waals surface area (Å²) in [5, 5.41) is 3.16. The SMILES string of the molecule is COc1ccc(OC)c(NC(=O)[C@@H](C)SCc2nc3sc(C)c(C)c3c(=O)[nH]2)c1. The number of benzene rings is 1. The third kappa shape index (κ3) is 4.56. The standard InChI is InChI=1S/C20H23N3O4S2/c1-10-11(2)29-20-17(10)19(25)22-16(23-20)9-28-12(3)18(24)21-14-8-13(26-4)6-7-15(14)27-5/h6-8,12H,9H2,1-5H3,(H,21,24)(H,22,23,25)/t12-/m1/s1. The number of rotatable bonds is 7. The number of ether oxygens (including phenoxy) is 2. The Balaban J connectivity index is 1.69. The minimum absolute atomic E-state index is 0.134. The lowest BCUT2D eigenvalue weighted by Gasteiger charge is -2.15. The molecule has 2 heterocycles. The van der Waals surface area contributed by atoms with Crippen molar-refractivity contribution in [3.63, 3.8) is 0 Å². The fourth-order valence-corrected chi connectivity index (χ4v) is 4.60. The molecule has 9 heteroatoms. The number of methoxy groups -OCH3 is 2. The molecular formula is C20H23N3O4S2. The largest absolute Gasteiger partial charge is 0.497 e. The first-order valence-electron chi connectivity index (χ1n) is 8.97. The number of hydrogen-bond acceptors (Lipinski definition) is 7. The van der Waals surface area contributed by atoms with Crippen molar-refractivity contribution in [3.05, 3.63) is 44.8 Å². The van der Waals surface area contributed by atoms with Crippen LogP contribution in [0.3, 0.4) is 0 Å². The number of anilines is 1. The van der Waals surface area contributed by atoms with Crippen molar-refractivity contribution in [2.45, 2.75) is 31.8 Å². The zero-order valence-corrected chi connectivity index (χ0v) is 18.5. The normalized spacial score (nSPS) is 12.0. The van der Waals surface area contributed by atoms with Crippen LogP contribution in [0.5, 0.6) is 11.5 Å². The molecule has 154 valence electrons. The van der Waals surface area contributed by atoms with Gasteiger partial charge in [-0.15, -0.1) is 23.1 Å². The number of thioether (sulfide) groups is 1. The van der Waals surface area contributed by atoms with E-state index in [1.807, 2.05) is 20.8 Å². The van der Waals surface area contributed by atoms with Crippen LogP contribution < -0.4 is 20.3 Å². The number of nitrogens with one attached hydrogen (secondary N) is 2. The Morgan fingerprint density at radius 3 is 2.76 bits per heavy atom. The van der Waals surface area contributed by atoms with Gasteiger partial charge in [0.25, 0.3) is 5.56 Å². The molecule has 1 aromatic carbocycles. The fourth-order valence-electron chi connectivity index (χ4n) is 2.79. The van der Waals surface area contributed by atoms with Crippen molar-refractivity contribution >= 4 is 44.9 Å². The average Bonchev–Trinajstić information content (AvgIpc) is 2.99. The first kappa shape index (κ1) is 21.2. The molecular weight excluding hydrogens is 410 g/mol. The summed E-state index contributed by atoms with van der Waals surface area (Å²) in [7, 11) is 3.11. The van der Waals surface area contributed by atoms with Crippen molar-refractivity contribution in [1.82, 2.24) is 9.97 Å². The summed E-state index contributed by atoms with van der Waals surface area (Å²) < 4.78 is 10.5. The second kappa shape index (κ2) is 8.87. The van der Waals surface area contributed by atoms with Crippen molar-refractivity contribution in [3.8, 4) is 11.5 Å². The summed E-state index contributed by atoms with van der Waals surface area (Å²) in [6.07, 6.45) is 0. The van der Waals surface area contributed by atoms with E-state index in [2.05, 4.69) is 15.3 Å². The molecule has 3 rings (SSSR count). The zero-order valence-electron chi connectivity index (χ0n) is 16.9. The molecule has 0 radical (unpaired) electrons. The molecule has 0 saturated carbocycles. The number of aryl methyl sites for hydroxylation is 2. The van der Waals surface area contributed by atoms with E-state index in [4.69, 9.17) is 9.47 Å². The first-order valence-corrected chi connectivity index (χ1v) is 10.8. The van der Waals surface area contributed by atoms with Gasteiger partial charge in [-0.05, 0) is 38.5 Å². The molecule has 0 aliphatic rings. The number of carbonyl (C=O) groups excluding carboxylic acids is 1. The number of aromatic nitrogens is 2. The van der Waals surface area contributed by atoms with Gasteiger partial charge in [-0.1, -0.05) is 0 Å². The number of aromatic amines is 1. The van der Waals surface area contributed by atoms with Gasteiger partial charge in [0.15, 0.2) is 0 Å².